The minimum Gasteiger partial charge on any atom is -0.378 e. The summed E-state index contributed by atoms with van der Waals surface area (Å²) in [6.45, 7) is 0.465. The highest BCUT2D eigenvalue weighted by atomic mass is 16.2. The van der Waals surface area contributed by atoms with E-state index in [1.165, 1.54) is 0 Å². The molecule has 3 rings (SSSR count). The maximum atomic E-state index is 12.4. The van der Waals surface area contributed by atoms with E-state index in [0.717, 1.165) is 22.4 Å². The predicted octanol–water partition coefficient (Wildman–Crippen LogP) is 4.70. The first-order valence-electron chi connectivity index (χ1n) is 9.74. The summed E-state index contributed by atoms with van der Waals surface area (Å²) in [6.07, 6.45) is 0.394. The Bertz CT molecular complexity index is 946. The minimum atomic E-state index is -0.115. The van der Waals surface area contributed by atoms with Crippen LogP contribution in [-0.4, -0.2) is 25.8 Å². The van der Waals surface area contributed by atoms with E-state index in [1.807, 2.05) is 97.9 Å². The van der Waals surface area contributed by atoms with Gasteiger partial charge in [0.2, 0.25) is 5.91 Å². The number of benzene rings is 3. The number of hydrogen-bond acceptors (Lipinski definition) is 3. The first-order valence-corrected chi connectivity index (χ1v) is 9.74. The van der Waals surface area contributed by atoms with Crippen molar-refractivity contribution >= 4 is 17.4 Å². The Kier molecular flexibility index (Phi) is 6.80. The fourth-order valence-corrected chi connectivity index (χ4v) is 3.05. The Hall–Kier alpha value is -3.40. The Labute approximate surface area is 172 Å². The fraction of sp³-hybridized carbons (Fsp3) is 0.200. The summed E-state index contributed by atoms with van der Waals surface area (Å²) in [7, 11) is 3.98. The summed E-state index contributed by atoms with van der Waals surface area (Å²) in [5.41, 5.74) is 4.97. The van der Waals surface area contributed by atoms with Gasteiger partial charge in [-0.1, -0.05) is 66.7 Å². The first kappa shape index (κ1) is 20.3. The number of carbonyl (C=O) groups is 2. The number of nitrogens with one attached hydrogen (secondary N) is 1. The average molecular weight is 386 g/mol. The fourth-order valence-electron chi connectivity index (χ4n) is 3.05. The van der Waals surface area contributed by atoms with Crippen molar-refractivity contribution in [3.8, 4) is 11.1 Å². The van der Waals surface area contributed by atoms with Crippen molar-refractivity contribution in [2.24, 2.45) is 0 Å². The van der Waals surface area contributed by atoms with Crippen molar-refractivity contribution in [3.05, 3.63) is 90.0 Å². The van der Waals surface area contributed by atoms with Crippen LogP contribution in [0.4, 0.5) is 5.69 Å². The maximum Gasteiger partial charge on any atom is 0.220 e. The zero-order chi connectivity index (χ0) is 20.6. The molecule has 0 aromatic heterocycles. The zero-order valence-corrected chi connectivity index (χ0v) is 16.9. The molecule has 1 amide bonds. The molecule has 0 heterocycles. The molecule has 148 valence electrons. The van der Waals surface area contributed by atoms with Crippen molar-refractivity contribution in [1.29, 1.82) is 0 Å². The molecule has 0 fully saturated rings. The van der Waals surface area contributed by atoms with E-state index in [2.05, 4.69) is 5.32 Å². The number of carbonyl (C=O) groups excluding carboxylic acids is 2. The highest BCUT2D eigenvalue weighted by Crippen LogP contribution is 2.20. The highest BCUT2D eigenvalue weighted by Gasteiger charge is 2.10. The van der Waals surface area contributed by atoms with Gasteiger partial charge in [0.05, 0.1) is 0 Å². The number of Topliss-reactive ketones (excluding diaryl/α,β-unsaturated/α-hetero) is 1. The lowest BCUT2D eigenvalue weighted by molar-refractivity contribution is -0.121. The van der Waals surface area contributed by atoms with Crippen molar-refractivity contribution < 1.29 is 9.59 Å². The van der Waals surface area contributed by atoms with Crippen LogP contribution in [0.25, 0.3) is 11.1 Å². The Balaban J connectivity index is 1.46. The second-order valence-electron chi connectivity index (χ2n) is 7.20. The molecule has 3 aromatic rings. The second-order valence-corrected chi connectivity index (χ2v) is 7.20. The molecule has 0 aliphatic heterocycles. The van der Waals surface area contributed by atoms with Crippen LogP contribution in [0, 0.1) is 0 Å². The van der Waals surface area contributed by atoms with Crippen LogP contribution < -0.4 is 10.2 Å². The summed E-state index contributed by atoms with van der Waals surface area (Å²) in [4.78, 5) is 26.5. The molecule has 29 heavy (non-hydrogen) atoms. The largest absolute Gasteiger partial charge is 0.378 e. The summed E-state index contributed by atoms with van der Waals surface area (Å²) in [6, 6.07) is 25.6. The molecule has 0 radical (unpaired) electrons. The van der Waals surface area contributed by atoms with E-state index in [0.29, 0.717) is 12.1 Å². The van der Waals surface area contributed by atoms with Crippen LogP contribution in [-0.2, 0) is 11.3 Å². The lowest BCUT2D eigenvalue weighted by Gasteiger charge is -2.13. The lowest BCUT2D eigenvalue weighted by atomic mass is 10.0. The maximum absolute atomic E-state index is 12.4. The third-order valence-corrected chi connectivity index (χ3v) is 4.84. The van der Waals surface area contributed by atoms with Gasteiger partial charge in [0.15, 0.2) is 5.78 Å². The van der Waals surface area contributed by atoms with Crippen LogP contribution in [0.2, 0.25) is 0 Å². The van der Waals surface area contributed by atoms with Crippen LogP contribution >= 0.6 is 0 Å². The van der Waals surface area contributed by atoms with Gasteiger partial charge in [-0.25, -0.2) is 0 Å². The normalized spacial score (nSPS) is 10.4. The predicted molar refractivity (Wildman–Crippen MR) is 118 cm³/mol. The standard InChI is InChI=1S/C25H26N2O2/c1-27(2)23-14-8-19(9-15-23)18-26-25(29)17-16-24(28)22-12-10-21(11-13-22)20-6-4-3-5-7-20/h3-15H,16-18H2,1-2H3,(H,26,29). The molecule has 3 aromatic carbocycles. The Morgan fingerprint density at radius 3 is 2.00 bits per heavy atom. The third kappa shape index (κ3) is 5.79. The van der Waals surface area contributed by atoms with Crippen molar-refractivity contribution in [2.45, 2.75) is 19.4 Å². The van der Waals surface area contributed by atoms with Gasteiger partial charge in [-0.05, 0) is 28.8 Å². The number of amides is 1. The second kappa shape index (κ2) is 9.69. The topological polar surface area (TPSA) is 49.4 Å². The monoisotopic (exact) mass is 386 g/mol. The number of ketones is 1. The van der Waals surface area contributed by atoms with Crippen LogP contribution in [0.1, 0.15) is 28.8 Å². The number of hydrogen-bond donors (Lipinski definition) is 1. The van der Waals surface area contributed by atoms with Gasteiger partial charge in [0, 0.05) is 44.7 Å². The lowest BCUT2D eigenvalue weighted by Crippen LogP contribution is -2.23. The molecule has 0 bridgehead atoms. The Morgan fingerprint density at radius 2 is 1.38 bits per heavy atom. The van der Waals surface area contributed by atoms with E-state index in [1.54, 1.807) is 0 Å². The van der Waals surface area contributed by atoms with Gasteiger partial charge in [-0.3, -0.25) is 9.59 Å². The number of nitrogens with zero attached hydrogens (tertiary/aromatic N) is 1. The van der Waals surface area contributed by atoms with Crippen LogP contribution in [0.15, 0.2) is 78.9 Å². The van der Waals surface area contributed by atoms with Gasteiger partial charge in [0.1, 0.15) is 0 Å². The molecule has 0 aliphatic carbocycles. The van der Waals surface area contributed by atoms with Gasteiger partial charge >= 0.3 is 0 Å². The summed E-state index contributed by atoms with van der Waals surface area (Å²) in [5.74, 6) is -0.133. The van der Waals surface area contributed by atoms with E-state index >= 15 is 0 Å². The van der Waals surface area contributed by atoms with Crippen LogP contribution in [0.5, 0.6) is 0 Å². The van der Waals surface area contributed by atoms with E-state index in [9.17, 15) is 9.59 Å². The molecule has 0 unspecified atom stereocenters. The van der Waals surface area contributed by atoms with E-state index in [4.69, 9.17) is 0 Å². The summed E-state index contributed by atoms with van der Waals surface area (Å²) < 4.78 is 0. The molecule has 0 saturated carbocycles. The van der Waals surface area contributed by atoms with Crippen LogP contribution in [0.3, 0.4) is 0 Å². The molecule has 0 spiro atoms. The smallest absolute Gasteiger partial charge is 0.220 e. The Morgan fingerprint density at radius 1 is 0.759 bits per heavy atom. The molecule has 1 N–H and O–H groups in total. The van der Waals surface area contributed by atoms with Gasteiger partial charge in [-0.2, -0.15) is 0 Å². The number of rotatable bonds is 8. The van der Waals surface area contributed by atoms with Crippen molar-refractivity contribution in [3.63, 3.8) is 0 Å². The van der Waals surface area contributed by atoms with E-state index < -0.39 is 0 Å². The third-order valence-electron chi connectivity index (χ3n) is 4.84. The molecule has 0 saturated heterocycles. The quantitative estimate of drug-likeness (QED) is 0.571. The average Bonchev–Trinajstić information content (AvgIpc) is 2.77. The molecule has 4 heteroatoms. The van der Waals surface area contributed by atoms with Crippen molar-refractivity contribution in [2.75, 3.05) is 19.0 Å². The van der Waals surface area contributed by atoms with Crippen molar-refractivity contribution in [1.82, 2.24) is 5.32 Å². The molecule has 4 nitrogen and oxygen atoms in total. The summed E-state index contributed by atoms with van der Waals surface area (Å²) in [5, 5.41) is 2.88. The SMILES string of the molecule is CN(C)c1ccc(CNC(=O)CCC(=O)c2ccc(-c3ccccc3)cc2)cc1. The molecular weight excluding hydrogens is 360 g/mol. The molecule has 0 aliphatic rings. The van der Waals surface area contributed by atoms with Gasteiger partial charge in [0.25, 0.3) is 0 Å². The minimum absolute atomic E-state index is 0.0184. The zero-order valence-electron chi connectivity index (χ0n) is 16.9. The summed E-state index contributed by atoms with van der Waals surface area (Å²) >= 11 is 0. The van der Waals surface area contributed by atoms with Gasteiger partial charge in [-0.15, -0.1) is 0 Å². The highest BCUT2D eigenvalue weighted by molar-refractivity contribution is 5.98. The number of anilines is 1. The van der Waals surface area contributed by atoms with E-state index in [-0.39, 0.29) is 24.5 Å². The molecular formula is C25H26N2O2. The molecule has 0 atom stereocenters. The first-order chi connectivity index (χ1) is 14.0. The van der Waals surface area contributed by atoms with Gasteiger partial charge < -0.3 is 10.2 Å².